The number of nitrogens with zero attached hydrogens (tertiary/aromatic N) is 3. The monoisotopic (exact) mass is 565 g/mol. The topological polar surface area (TPSA) is 60.9 Å². The van der Waals surface area contributed by atoms with E-state index in [2.05, 4.69) is 41.1 Å². The first kappa shape index (κ1) is 29.9. The highest BCUT2D eigenvalue weighted by atomic mass is 16.2. The van der Waals surface area contributed by atoms with Crippen LogP contribution < -0.4 is 0 Å². The van der Waals surface area contributed by atoms with Gasteiger partial charge in [-0.25, -0.2) is 0 Å². The van der Waals surface area contributed by atoms with Gasteiger partial charge in [-0.1, -0.05) is 85.6 Å². The van der Waals surface area contributed by atoms with E-state index in [-0.39, 0.29) is 23.5 Å². The lowest BCUT2D eigenvalue weighted by Gasteiger charge is -2.38. The number of Topliss-reactive ketones (excluding diaryl/α,β-unsaturated/α-hetero) is 1. The van der Waals surface area contributed by atoms with Gasteiger partial charge < -0.3 is 9.80 Å². The van der Waals surface area contributed by atoms with Gasteiger partial charge in [-0.05, 0) is 75.5 Å². The molecule has 1 atom stereocenters. The average molecular weight is 566 g/mol. The first-order valence-electron chi connectivity index (χ1n) is 15.4. The number of unbranched alkanes of at least 4 members (excludes halogenated alkanes) is 3. The molecule has 1 fully saturated rings. The van der Waals surface area contributed by atoms with Gasteiger partial charge in [0.15, 0.2) is 0 Å². The maximum Gasteiger partial charge on any atom is 0.261 e. The summed E-state index contributed by atoms with van der Waals surface area (Å²) in [5.74, 6) is 0.124. The number of hydrogen-bond donors (Lipinski definition) is 0. The first-order valence-corrected chi connectivity index (χ1v) is 15.4. The Kier molecular flexibility index (Phi) is 9.65. The van der Waals surface area contributed by atoms with Crippen LogP contribution in [0.2, 0.25) is 0 Å². The Hall–Kier alpha value is -3.61. The molecule has 1 saturated heterocycles. The van der Waals surface area contributed by atoms with E-state index >= 15 is 0 Å². The lowest BCUT2D eigenvalue weighted by Crippen LogP contribution is -2.44. The molecule has 2 aliphatic heterocycles. The number of likely N-dealkylation sites (tertiary alicyclic amines) is 1. The van der Waals surface area contributed by atoms with Crippen molar-refractivity contribution < 1.29 is 14.4 Å². The molecule has 0 unspecified atom stereocenters. The van der Waals surface area contributed by atoms with Crippen molar-refractivity contribution in [2.45, 2.75) is 44.4 Å². The molecule has 6 nitrogen and oxygen atoms in total. The molecule has 0 spiro atoms. The molecule has 0 aliphatic carbocycles. The Morgan fingerprint density at radius 2 is 1.31 bits per heavy atom. The Balaban J connectivity index is 1.06. The zero-order chi connectivity index (χ0) is 29.5. The van der Waals surface area contributed by atoms with Crippen LogP contribution >= 0.6 is 0 Å². The number of benzene rings is 3. The zero-order valence-electron chi connectivity index (χ0n) is 25.0. The first-order chi connectivity index (χ1) is 20.4. The minimum Gasteiger partial charge on any atom is -0.305 e. The second-order valence-corrected chi connectivity index (χ2v) is 11.9. The van der Waals surface area contributed by atoms with E-state index in [0.29, 0.717) is 17.7 Å². The fraction of sp³-hybridized carbons (Fsp3) is 0.417. The number of rotatable bonds is 14. The molecule has 0 radical (unpaired) electrons. The van der Waals surface area contributed by atoms with E-state index < -0.39 is 5.41 Å². The molecule has 0 saturated carbocycles. The van der Waals surface area contributed by atoms with E-state index in [0.717, 1.165) is 76.0 Å². The number of fused-ring (bicyclic) bond motifs is 1. The Labute approximate surface area is 250 Å². The van der Waals surface area contributed by atoms with E-state index in [9.17, 15) is 14.4 Å². The van der Waals surface area contributed by atoms with E-state index in [1.165, 1.54) is 4.90 Å². The minimum atomic E-state index is -0.629. The SMILES string of the molecule is CC(=O)C(c1ccccc1)(c1ccccc1)[C@H]1CCN(CCN(C)CCCCCCN2C(=O)c3ccccc3C2=O)C1. The Morgan fingerprint density at radius 1 is 0.762 bits per heavy atom. The summed E-state index contributed by atoms with van der Waals surface area (Å²) in [4.78, 5) is 44.9. The van der Waals surface area contributed by atoms with Crippen LogP contribution in [0.15, 0.2) is 84.9 Å². The van der Waals surface area contributed by atoms with E-state index in [1.807, 2.05) is 36.4 Å². The smallest absolute Gasteiger partial charge is 0.261 e. The summed E-state index contributed by atoms with van der Waals surface area (Å²) in [5.41, 5.74) is 2.61. The molecular weight excluding hydrogens is 522 g/mol. The number of carbonyl (C=O) groups excluding carboxylic acids is 3. The lowest BCUT2D eigenvalue weighted by molar-refractivity contribution is -0.122. The number of amides is 2. The van der Waals surface area contributed by atoms with Gasteiger partial charge in [0.05, 0.1) is 16.5 Å². The molecule has 2 amide bonds. The largest absolute Gasteiger partial charge is 0.305 e. The third-order valence-electron chi connectivity index (χ3n) is 9.25. The van der Waals surface area contributed by atoms with Crippen molar-refractivity contribution in [1.82, 2.24) is 14.7 Å². The van der Waals surface area contributed by atoms with Crippen LogP contribution in [0.5, 0.6) is 0 Å². The van der Waals surface area contributed by atoms with Gasteiger partial charge in [-0.2, -0.15) is 0 Å². The summed E-state index contributed by atoms with van der Waals surface area (Å²) < 4.78 is 0. The summed E-state index contributed by atoms with van der Waals surface area (Å²) in [7, 11) is 2.18. The van der Waals surface area contributed by atoms with Crippen LogP contribution in [0.1, 0.15) is 70.9 Å². The number of ketones is 1. The molecule has 220 valence electrons. The van der Waals surface area contributed by atoms with Crippen molar-refractivity contribution in [1.29, 1.82) is 0 Å². The molecular formula is C36H43N3O3. The Bertz CT molecular complexity index is 1300. The van der Waals surface area contributed by atoms with E-state index in [1.54, 1.807) is 31.2 Å². The molecule has 0 N–H and O–H groups in total. The molecule has 6 heteroatoms. The van der Waals surface area contributed by atoms with Crippen LogP contribution in [0, 0.1) is 5.92 Å². The summed E-state index contributed by atoms with van der Waals surface area (Å²) in [6.07, 6.45) is 5.01. The Morgan fingerprint density at radius 3 is 1.88 bits per heavy atom. The maximum atomic E-state index is 13.5. The second-order valence-electron chi connectivity index (χ2n) is 11.9. The molecule has 3 aromatic carbocycles. The predicted octanol–water partition coefficient (Wildman–Crippen LogP) is 5.67. The third-order valence-corrected chi connectivity index (χ3v) is 9.25. The van der Waals surface area contributed by atoms with Gasteiger partial charge in [0.1, 0.15) is 5.78 Å². The van der Waals surface area contributed by atoms with Crippen LogP contribution in [0.25, 0.3) is 0 Å². The number of imide groups is 1. The maximum absolute atomic E-state index is 13.5. The summed E-state index contributed by atoms with van der Waals surface area (Å²) >= 11 is 0. The van der Waals surface area contributed by atoms with Crippen molar-refractivity contribution in [2.75, 3.05) is 46.3 Å². The van der Waals surface area contributed by atoms with Gasteiger partial charge in [0.2, 0.25) is 0 Å². The normalized spacial score (nSPS) is 17.3. The fourth-order valence-electron chi connectivity index (χ4n) is 6.99. The number of hydrogen-bond acceptors (Lipinski definition) is 5. The summed E-state index contributed by atoms with van der Waals surface area (Å²) in [5, 5.41) is 0. The van der Waals surface area contributed by atoms with Crippen LogP contribution in [-0.4, -0.2) is 78.6 Å². The molecule has 3 aromatic rings. The average Bonchev–Trinajstić information content (AvgIpc) is 3.58. The van der Waals surface area contributed by atoms with Gasteiger partial charge >= 0.3 is 0 Å². The summed E-state index contributed by atoms with van der Waals surface area (Å²) in [6.45, 7) is 7.17. The van der Waals surface area contributed by atoms with Crippen molar-refractivity contribution in [2.24, 2.45) is 5.92 Å². The van der Waals surface area contributed by atoms with Gasteiger partial charge in [0.25, 0.3) is 11.8 Å². The van der Waals surface area contributed by atoms with Gasteiger partial charge in [0, 0.05) is 26.2 Å². The molecule has 0 bridgehead atoms. The standard InChI is InChI=1S/C36H43N3O3/c1-28(40)36(29-15-7-5-8-16-29,30-17-9-6-10-18-30)31-21-24-38(27-31)26-25-37(2)22-13-3-4-14-23-39-34(41)32-19-11-12-20-33(32)35(39)42/h5-12,15-20,31H,3-4,13-14,21-27H2,1-2H3/t31-/m0/s1. The fourth-order valence-corrected chi connectivity index (χ4v) is 6.99. The van der Waals surface area contributed by atoms with Crippen LogP contribution in [0.3, 0.4) is 0 Å². The van der Waals surface area contributed by atoms with Crippen molar-refractivity contribution in [3.63, 3.8) is 0 Å². The second kappa shape index (κ2) is 13.6. The van der Waals surface area contributed by atoms with Crippen LogP contribution in [0.4, 0.5) is 0 Å². The van der Waals surface area contributed by atoms with Crippen molar-refractivity contribution in [3.05, 3.63) is 107 Å². The predicted molar refractivity (Wildman–Crippen MR) is 167 cm³/mol. The highest BCUT2D eigenvalue weighted by Gasteiger charge is 2.48. The quantitative estimate of drug-likeness (QED) is 0.186. The number of likely N-dealkylation sites (N-methyl/N-ethyl adjacent to an activating group) is 1. The van der Waals surface area contributed by atoms with Crippen LogP contribution in [-0.2, 0) is 10.2 Å². The molecule has 2 aliphatic rings. The highest BCUT2D eigenvalue weighted by molar-refractivity contribution is 6.21. The molecule has 2 heterocycles. The minimum absolute atomic E-state index is 0.160. The van der Waals surface area contributed by atoms with Crippen molar-refractivity contribution in [3.8, 4) is 0 Å². The number of carbonyl (C=O) groups is 3. The molecule has 5 rings (SSSR count). The van der Waals surface area contributed by atoms with E-state index in [4.69, 9.17) is 0 Å². The van der Waals surface area contributed by atoms with Gasteiger partial charge in [-0.15, -0.1) is 0 Å². The van der Waals surface area contributed by atoms with Gasteiger partial charge in [-0.3, -0.25) is 19.3 Å². The molecule has 0 aromatic heterocycles. The highest BCUT2D eigenvalue weighted by Crippen LogP contribution is 2.44. The summed E-state index contributed by atoms with van der Waals surface area (Å²) in [6, 6.07) is 27.8. The molecule has 42 heavy (non-hydrogen) atoms. The lowest BCUT2D eigenvalue weighted by atomic mass is 9.63. The van der Waals surface area contributed by atoms with Crippen molar-refractivity contribution >= 4 is 17.6 Å². The third kappa shape index (κ3) is 6.11. The zero-order valence-corrected chi connectivity index (χ0v) is 25.0.